The molecule has 2 aliphatic heterocycles. The van der Waals surface area contributed by atoms with E-state index in [1.165, 1.54) is 29.5 Å². The second-order valence-electron chi connectivity index (χ2n) is 10.2. The van der Waals surface area contributed by atoms with Gasteiger partial charge in [-0.1, -0.05) is 19.9 Å². The zero-order chi connectivity index (χ0) is 26.1. The van der Waals surface area contributed by atoms with E-state index in [2.05, 4.69) is 58.5 Å². The van der Waals surface area contributed by atoms with Gasteiger partial charge in [-0.15, -0.1) is 0 Å². The SMILES string of the molecule is COC1CN(c2nccc(Nc3cc4c(C(C)C)ccc(N5CC(CSC)C5)c4cn3)n2)CC(F)C1O. The van der Waals surface area contributed by atoms with Gasteiger partial charge in [0.2, 0.25) is 5.95 Å². The molecule has 10 heteroatoms. The van der Waals surface area contributed by atoms with Crippen molar-refractivity contribution in [2.45, 2.75) is 38.1 Å². The molecular formula is C27H35FN6O2S. The Morgan fingerprint density at radius 2 is 1.92 bits per heavy atom. The Balaban J connectivity index is 1.40. The van der Waals surface area contributed by atoms with Crippen LogP contribution in [0.4, 0.5) is 27.7 Å². The molecule has 2 fully saturated rings. The molecule has 3 aromatic rings. The molecule has 0 radical (unpaired) electrons. The summed E-state index contributed by atoms with van der Waals surface area (Å²) in [6.45, 7) is 6.89. The van der Waals surface area contributed by atoms with Crippen molar-refractivity contribution in [2.75, 3.05) is 60.4 Å². The van der Waals surface area contributed by atoms with E-state index in [-0.39, 0.29) is 6.54 Å². The number of benzene rings is 1. The van der Waals surface area contributed by atoms with E-state index in [1.54, 1.807) is 17.2 Å². The summed E-state index contributed by atoms with van der Waals surface area (Å²) in [6.07, 6.45) is 2.52. The fourth-order valence-corrected chi connectivity index (χ4v) is 5.91. The van der Waals surface area contributed by atoms with Gasteiger partial charge in [0.15, 0.2) is 0 Å². The molecular weight excluding hydrogens is 491 g/mol. The number of nitrogens with one attached hydrogen (secondary N) is 1. The highest BCUT2D eigenvalue weighted by atomic mass is 32.2. The number of alkyl halides is 1. The lowest BCUT2D eigenvalue weighted by atomic mass is 9.93. The number of hydrogen-bond acceptors (Lipinski definition) is 9. The van der Waals surface area contributed by atoms with Crippen molar-refractivity contribution in [3.63, 3.8) is 0 Å². The molecule has 0 bridgehead atoms. The van der Waals surface area contributed by atoms with Gasteiger partial charge >= 0.3 is 0 Å². The molecule has 2 aliphatic rings. The molecule has 3 unspecified atom stereocenters. The van der Waals surface area contributed by atoms with Crippen LogP contribution in [0.3, 0.4) is 0 Å². The van der Waals surface area contributed by atoms with Crippen molar-refractivity contribution in [2.24, 2.45) is 5.92 Å². The maximum Gasteiger partial charge on any atom is 0.227 e. The standard InChI is InChI=1S/C27H35FN6O2S/c1-16(2)18-5-6-22(33-11-17(12-33)15-37-4)20-10-30-25(9-19(18)20)31-24-7-8-29-27(32-24)34-13-21(28)26(35)23(14-34)36-3/h5-10,16-17,21,23,26,35H,11-15H2,1-4H3,(H,29,30,31,32). The van der Waals surface area contributed by atoms with Crippen molar-refractivity contribution in [1.29, 1.82) is 0 Å². The summed E-state index contributed by atoms with van der Waals surface area (Å²) in [7, 11) is 1.47. The first-order valence-electron chi connectivity index (χ1n) is 12.7. The molecule has 2 saturated heterocycles. The highest BCUT2D eigenvalue weighted by Crippen LogP contribution is 2.37. The van der Waals surface area contributed by atoms with Crippen molar-refractivity contribution >= 4 is 45.8 Å². The van der Waals surface area contributed by atoms with Gasteiger partial charge < -0.3 is 25.0 Å². The van der Waals surface area contributed by atoms with E-state index in [0.717, 1.165) is 24.4 Å². The number of fused-ring (bicyclic) bond motifs is 1. The van der Waals surface area contributed by atoms with Gasteiger partial charge in [-0.25, -0.2) is 14.4 Å². The van der Waals surface area contributed by atoms with Crippen LogP contribution in [0.15, 0.2) is 36.7 Å². The molecule has 0 aliphatic carbocycles. The fourth-order valence-electron chi connectivity index (χ4n) is 5.23. The predicted molar refractivity (Wildman–Crippen MR) is 149 cm³/mol. The summed E-state index contributed by atoms with van der Waals surface area (Å²) in [5, 5.41) is 15.7. The summed E-state index contributed by atoms with van der Waals surface area (Å²) in [5.41, 5.74) is 2.51. The van der Waals surface area contributed by atoms with Gasteiger partial charge in [0.1, 0.15) is 30.0 Å². The Morgan fingerprint density at radius 3 is 2.65 bits per heavy atom. The lowest BCUT2D eigenvalue weighted by Gasteiger charge is -2.41. The molecule has 8 nitrogen and oxygen atoms in total. The Bertz CT molecular complexity index is 1240. The topological polar surface area (TPSA) is 86.6 Å². The maximum atomic E-state index is 14.4. The first-order valence-corrected chi connectivity index (χ1v) is 14.1. The van der Waals surface area contributed by atoms with Crippen LogP contribution in [0, 0.1) is 5.92 Å². The average molecular weight is 527 g/mol. The number of nitrogens with zero attached hydrogens (tertiary/aromatic N) is 5. The molecule has 2 aromatic heterocycles. The van der Waals surface area contributed by atoms with E-state index in [1.807, 2.05) is 18.0 Å². The number of methoxy groups -OCH3 is 1. The van der Waals surface area contributed by atoms with Crippen LogP contribution in [0.25, 0.3) is 10.8 Å². The second kappa shape index (κ2) is 11.0. The van der Waals surface area contributed by atoms with E-state index < -0.39 is 18.4 Å². The van der Waals surface area contributed by atoms with Gasteiger partial charge in [0.05, 0.1) is 6.54 Å². The summed E-state index contributed by atoms with van der Waals surface area (Å²) < 4.78 is 19.6. The third-order valence-electron chi connectivity index (χ3n) is 7.27. The number of piperidine rings is 1. The summed E-state index contributed by atoms with van der Waals surface area (Å²) >= 11 is 1.91. The number of anilines is 4. The normalized spacial score (nSPS) is 22.5. The summed E-state index contributed by atoms with van der Waals surface area (Å²) in [6, 6.07) is 8.33. The lowest BCUT2D eigenvalue weighted by molar-refractivity contribution is -0.0582. The van der Waals surface area contributed by atoms with Gasteiger partial charge in [-0.2, -0.15) is 16.7 Å². The molecule has 2 N–H and O–H groups in total. The van der Waals surface area contributed by atoms with Crippen LogP contribution in [0.5, 0.6) is 0 Å². The van der Waals surface area contributed by atoms with Crippen LogP contribution >= 0.6 is 11.8 Å². The summed E-state index contributed by atoms with van der Waals surface area (Å²) in [4.78, 5) is 17.8. The van der Waals surface area contributed by atoms with Crippen molar-refractivity contribution in [3.05, 3.63) is 42.2 Å². The predicted octanol–water partition coefficient (Wildman–Crippen LogP) is 4.23. The number of aromatic nitrogens is 3. The van der Waals surface area contributed by atoms with E-state index >= 15 is 0 Å². The average Bonchev–Trinajstić information content (AvgIpc) is 2.87. The first kappa shape index (κ1) is 25.9. The van der Waals surface area contributed by atoms with E-state index in [9.17, 15) is 9.50 Å². The zero-order valence-electron chi connectivity index (χ0n) is 21.8. The summed E-state index contributed by atoms with van der Waals surface area (Å²) in [5.74, 6) is 3.94. The maximum absolute atomic E-state index is 14.4. The van der Waals surface area contributed by atoms with Crippen LogP contribution in [0.2, 0.25) is 0 Å². The highest BCUT2D eigenvalue weighted by molar-refractivity contribution is 7.98. The number of rotatable bonds is 8. The zero-order valence-corrected chi connectivity index (χ0v) is 22.6. The Hall–Kier alpha value is -2.69. The second-order valence-corrected chi connectivity index (χ2v) is 11.1. The molecule has 37 heavy (non-hydrogen) atoms. The minimum atomic E-state index is -1.44. The van der Waals surface area contributed by atoms with Gasteiger partial charge in [0, 0.05) is 56.1 Å². The van der Waals surface area contributed by atoms with Crippen molar-refractivity contribution in [3.8, 4) is 0 Å². The molecule has 3 atom stereocenters. The highest BCUT2D eigenvalue weighted by Gasteiger charge is 2.37. The minimum absolute atomic E-state index is 0.00747. The smallest absolute Gasteiger partial charge is 0.227 e. The van der Waals surface area contributed by atoms with Gasteiger partial charge in [0.25, 0.3) is 0 Å². The molecule has 198 valence electrons. The number of pyridine rings is 1. The Labute approximate surface area is 221 Å². The number of hydrogen-bond donors (Lipinski definition) is 2. The minimum Gasteiger partial charge on any atom is -0.387 e. The number of ether oxygens (including phenoxy) is 1. The monoisotopic (exact) mass is 526 g/mol. The van der Waals surface area contributed by atoms with Gasteiger partial charge in [-0.3, -0.25) is 0 Å². The lowest BCUT2D eigenvalue weighted by Crippen LogP contribution is -2.55. The molecule has 0 spiro atoms. The molecule has 0 amide bonds. The van der Waals surface area contributed by atoms with Crippen molar-refractivity contribution < 1.29 is 14.2 Å². The fraction of sp³-hybridized carbons (Fsp3) is 0.519. The van der Waals surface area contributed by atoms with Crippen LogP contribution in [0.1, 0.15) is 25.3 Å². The number of thioether (sulfide) groups is 1. The first-order chi connectivity index (χ1) is 17.9. The molecule has 5 rings (SSSR count). The van der Waals surface area contributed by atoms with Crippen LogP contribution in [-0.4, -0.2) is 83.7 Å². The van der Waals surface area contributed by atoms with Gasteiger partial charge in [-0.05, 0) is 47.1 Å². The number of halogens is 1. The Morgan fingerprint density at radius 1 is 1.11 bits per heavy atom. The molecule has 0 saturated carbocycles. The van der Waals surface area contributed by atoms with E-state index in [4.69, 9.17) is 9.72 Å². The third-order valence-corrected chi connectivity index (χ3v) is 8.07. The largest absolute Gasteiger partial charge is 0.387 e. The van der Waals surface area contributed by atoms with E-state index in [0.29, 0.717) is 30.0 Å². The number of aliphatic hydroxyl groups is 1. The Kier molecular flexibility index (Phi) is 7.69. The van der Waals surface area contributed by atoms with Crippen LogP contribution in [-0.2, 0) is 4.74 Å². The molecule has 1 aromatic carbocycles. The number of aliphatic hydroxyl groups excluding tert-OH is 1. The van der Waals surface area contributed by atoms with Crippen molar-refractivity contribution in [1.82, 2.24) is 15.0 Å². The third kappa shape index (κ3) is 5.32. The van der Waals surface area contributed by atoms with Crippen LogP contribution < -0.4 is 15.1 Å². The quantitative estimate of drug-likeness (QED) is 0.448. The molecule has 4 heterocycles.